The summed E-state index contributed by atoms with van der Waals surface area (Å²) in [6.07, 6.45) is -0.416. The fraction of sp³-hybridized carbons (Fsp3) is 0.368. The molecule has 0 heterocycles. The summed E-state index contributed by atoms with van der Waals surface area (Å²) in [4.78, 5) is 0.337. The van der Waals surface area contributed by atoms with Crippen molar-refractivity contribution >= 4 is 25.8 Å². The number of halogens is 1. The van der Waals surface area contributed by atoms with Gasteiger partial charge in [-0.2, -0.15) is 0 Å². The van der Waals surface area contributed by atoms with Crippen molar-refractivity contribution in [2.24, 2.45) is 0 Å². The Morgan fingerprint density at radius 3 is 2.16 bits per heavy atom. The van der Waals surface area contributed by atoms with Gasteiger partial charge in [0.1, 0.15) is 0 Å². The van der Waals surface area contributed by atoms with E-state index in [2.05, 4.69) is 15.9 Å². The van der Waals surface area contributed by atoms with Gasteiger partial charge in [-0.05, 0) is 31.0 Å². The molecule has 4 nitrogen and oxygen atoms in total. The van der Waals surface area contributed by atoms with Gasteiger partial charge in [-0.3, -0.25) is 0 Å². The van der Waals surface area contributed by atoms with Crippen molar-refractivity contribution in [3.05, 3.63) is 66.2 Å². The van der Waals surface area contributed by atoms with E-state index >= 15 is 0 Å². The normalized spacial score (nSPS) is 14.2. The Labute approximate surface area is 158 Å². The zero-order chi connectivity index (χ0) is 18.1. The predicted molar refractivity (Wildman–Crippen MR) is 103 cm³/mol. The van der Waals surface area contributed by atoms with Crippen LogP contribution in [0.25, 0.3) is 0 Å². The van der Waals surface area contributed by atoms with Gasteiger partial charge < -0.3 is 9.47 Å². The van der Waals surface area contributed by atoms with Crippen molar-refractivity contribution in [2.45, 2.75) is 30.6 Å². The summed E-state index contributed by atoms with van der Waals surface area (Å²) in [5.74, 6) is 0.0116. The third kappa shape index (κ3) is 6.22. The molecule has 0 bridgehead atoms. The van der Waals surface area contributed by atoms with Gasteiger partial charge in [0.25, 0.3) is 0 Å². The molecular weight excluding hydrogens is 404 g/mol. The Hall–Kier alpha value is -1.21. The Kier molecular flexibility index (Phi) is 8.09. The van der Waals surface area contributed by atoms with Crippen LogP contribution in [-0.2, 0) is 19.3 Å². The van der Waals surface area contributed by atoms with Crippen molar-refractivity contribution in [1.29, 1.82) is 0 Å². The van der Waals surface area contributed by atoms with Crippen molar-refractivity contribution in [2.75, 3.05) is 17.7 Å². The number of hydrogen-bond donors (Lipinski definition) is 0. The van der Waals surface area contributed by atoms with Gasteiger partial charge in [0.05, 0.1) is 22.1 Å². The number of sulfone groups is 1. The van der Waals surface area contributed by atoms with Crippen LogP contribution in [-0.4, -0.2) is 32.4 Å². The summed E-state index contributed by atoms with van der Waals surface area (Å²) in [6, 6.07) is 18.1. The first-order valence-electron chi connectivity index (χ1n) is 8.22. The molecule has 2 aromatic carbocycles. The molecule has 0 aliphatic carbocycles. The van der Waals surface area contributed by atoms with Crippen molar-refractivity contribution in [1.82, 2.24) is 0 Å². The Morgan fingerprint density at radius 2 is 1.60 bits per heavy atom. The van der Waals surface area contributed by atoms with E-state index in [1.807, 2.05) is 37.3 Å². The van der Waals surface area contributed by atoms with Gasteiger partial charge in [-0.25, -0.2) is 8.42 Å². The third-order valence-corrected chi connectivity index (χ3v) is 6.01. The molecular formula is C19H23BrO4S. The number of ether oxygens (including phenoxy) is 2. The monoisotopic (exact) mass is 426 g/mol. The van der Waals surface area contributed by atoms with E-state index in [0.717, 1.165) is 5.56 Å². The highest BCUT2D eigenvalue weighted by molar-refractivity contribution is 9.09. The molecule has 0 aliphatic rings. The summed E-state index contributed by atoms with van der Waals surface area (Å²) < 4.78 is 36.7. The van der Waals surface area contributed by atoms with Gasteiger partial charge in [0.15, 0.2) is 16.1 Å². The predicted octanol–water partition coefficient (Wildman–Crippen LogP) is 4.37. The van der Waals surface area contributed by atoms with Crippen LogP contribution >= 0.6 is 15.9 Å². The van der Waals surface area contributed by atoms with E-state index in [1.165, 1.54) is 0 Å². The highest BCUT2D eigenvalue weighted by Gasteiger charge is 2.22. The summed E-state index contributed by atoms with van der Waals surface area (Å²) in [5.41, 5.74) is 0.941. The molecule has 0 aromatic heterocycles. The zero-order valence-electron chi connectivity index (χ0n) is 14.2. The van der Waals surface area contributed by atoms with Gasteiger partial charge >= 0.3 is 0 Å². The fourth-order valence-corrected chi connectivity index (χ4v) is 4.15. The molecule has 6 heteroatoms. The molecule has 25 heavy (non-hydrogen) atoms. The van der Waals surface area contributed by atoms with E-state index in [-0.39, 0.29) is 11.9 Å². The Bertz CT molecular complexity index is 720. The zero-order valence-corrected chi connectivity index (χ0v) is 16.6. The minimum absolute atomic E-state index is 0.0116. The largest absolute Gasteiger partial charge is 0.352 e. The summed E-state index contributed by atoms with van der Waals surface area (Å²) in [6.45, 7) is 2.43. The molecule has 2 atom stereocenters. The molecule has 0 radical (unpaired) electrons. The SMILES string of the molecule is CCOC(CBr)OC(CCS(=O)(=O)c1ccccc1)c1ccccc1. The minimum atomic E-state index is -3.35. The van der Waals surface area contributed by atoms with E-state index < -0.39 is 16.1 Å². The number of alkyl halides is 1. The lowest BCUT2D eigenvalue weighted by Crippen LogP contribution is -2.23. The minimum Gasteiger partial charge on any atom is -0.352 e. The number of hydrogen-bond acceptors (Lipinski definition) is 4. The molecule has 0 fully saturated rings. The average molecular weight is 427 g/mol. The van der Waals surface area contributed by atoms with E-state index in [1.54, 1.807) is 30.3 Å². The van der Waals surface area contributed by atoms with Gasteiger partial charge in [-0.1, -0.05) is 64.5 Å². The fourth-order valence-electron chi connectivity index (χ4n) is 2.48. The summed E-state index contributed by atoms with van der Waals surface area (Å²) in [5, 5.41) is 0.523. The summed E-state index contributed by atoms with van der Waals surface area (Å²) >= 11 is 3.38. The molecule has 2 unspecified atom stereocenters. The number of benzene rings is 2. The quantitative estimate of drug-likeness (QED) is 0.418. The molecule has 0 amide bonds. The highest BCUT2D eigenvalue weighted by Crippen LogP contribution is 2.26. The second-order valence-corrected chi connectivity index (χ2v) is 8.25. The first-order valence-corrected chi connectivity index (χ1v) is 11.0. The van der Waals surface area contributed by atoms with E-state index in [4.69, 9.17) is 9.47 Å². The van der Waals surface area contributed by atoms with Crippen LogP contribution in [0.3, 0.4) is 0 Å². The van der Waals surface area contributed by atoms with Crippen molar-refractivity contribution in [3.8, 4) is 0 Å². The molecule has 0 N–H and O–H groups in total. The molecule has 0 aliphatic heterocycles. The average Bonchev–Trinajstić information content (AvgIpc) is 2.65. The smallest absolute Gasteiger partial charge is 0.178 e. The van der Waals surface area contributed by atoms with Crippen molar-refractivity contribution in [3.63, 3.8) is 0 Å². The van der Waals surface area contributed by atoms with Gasteiger partial charge in [0.2, 0.25) is 0 Å². The molecule has 2 aromatic rings. The first kappa shape index (κ1) is 20.1. The van der Waals surface area contributed by atoms with Crippen LogP contribution in [0.15, 0.2) is 65.6 Å². The van der Waals surface area contributed by atoms with Crippen molar-refractivity contribution < 1.29 is 17.9 Å². The maximum atomic E-state index is 12.6. The molecule has 2 rings (SSSR count). The van der Waals surface area contributed by atoms with Gasteiger partial charge in [-0.15, -0.1) is 0 Å². The maximum absolute atomic E-state index is 12.6. The van der Waals surface area contributed by atoms with Crippen LogP contribution < -0.4 is 0 Å². The Morgan fingerprint density at radius 1 is 1.00 bits per heavy atom. The van der Waals surface area contributed by atoms with E-state index in [9.17, 15) is 8.42 Å². The molecule has 0 saturated carbocycles. The first-order chi connectivity index (χ1) is 12.1. The maximum Gasteiger partial charge on any atom is 0.178 e. The van der Waals surface area contributed by atoms with Crippen LogP contribution in [0.5, 0.6) is 0 Å². The van der Waals surface area contributed by atoms with Crippen LogP contribution in [0, 0.1) is 0 Å². The summed E-state index contributed by atoms with van der Waals surface area (Å²) in [7, 11) is -3.35. The van der Waals surface area contributed by atoms with Gasteiger partial charge in [0, 0.05) is 6.61 Å². The van der Waals surface area contributed by atoms with E-state index in [0.29, 0.717) is 23.3 Å². The lowest BCUT2D eigenvalue weighted by Gasteiger charge is -2.24. The lowest BCUT2D eigenvalue weighted by molar-refractivity contribution is -0.156. The van der Waals surface area contributed by atoms with Crippen LogP contribution in [0.1, 0.15) is 25.0 Å². The molecule has 0 saturated heterocycles. The van der Waals surface area contributed by atoms with Crippen LogP contribution in [0.4, 0.5) is 0 Å². The molecule has 136 valence electrons. The topological polar surface area (TPSA) is 52.6 Å². The number of rotatable bonds is 10. The standard InChI is InChI=1S/C19H23BrO4S/c1-2-23-19(15-20)24-18(16-9-5-3-6-10-16)13-14-25(21,22)17-11-7-4-8-12-17/h3-12,18-19H,2,13-15H2,1H3. The molecule has 0 spiro atoms. The van der Waals surface area contributed by atoms with Crippen LogP contribution in [0.2, 0.25) is 0 Å². The highest BCUT2D eigenvalue weighted by atomic mass is 79.9. The third-order valence-electron chi connectivity index (χ3n) is 3.72. The lowest BCUT2D eigenvalue weighted by atomic mass is 10.1. The Balaban J connectivity index is 2.13. The second kappa shape index (κ2) is 10.1. The second-order valence-electron chi connectivity index (χ2n) is 5.50.